The number of hydrogen-bond donors (Lipinski definition) is 2. The SMILES string of the molecule is NNC(CCC(F)(F)F)C1CCCC1. The molecule has 0 saturated heterocycles. The van der Waals surface area contributed by atoms with Crippen LogP contribution in [-0.4, -0.2) is 12.2 Å². The van der Waals surface area contributed by atoms with Crippen molar-refractivity contribution in [1.29, 1.82) is 0 Å². The topological polar surface area (TPSA) is 38.0 Å². The second-order valence-corrected chi connectivity index (χ2v) is 3.97. The Hall–Kier alpha value is -0.290. The minimum Gasteiger partial charge on any atom is -0.271 e. The second-order valence-electron chi connectivity index (χ2n) is 3.97. The average Bonchev–Trinajstić information content (AvgIpc) is 2.56. The first-order valence-corrected chi connectivity index (χ1v) is 5.06. The molecule has 0 aromatic heterocycles. The quantitative estimate of drug-likeness (QED) is 0.552. The molecule has 0 aliphatic heterocycles. The van der Waals surface area contributed by atoms with Crippen LogP contribution in [0, 0.1) is 5.92 Å². The van der Waals surface area contributed by atoms with E-state index in [0.717, 1.165) is 25.7 Å². The predicted molar refractivity (Wildman–Crippen MR) is 48.4 cm³/mol. The van der Waals surface area contributed by atoms with E-state index in [-0.39, 0.29) is 12.5 Å². The average molecular weight is 210 g/mol. The maximum absolute atomic E-state index is 12.0. The molecule has 1 atom stereocenters. The summed E-state index contributed by atoms with van der Waals surface area (Å²) in [7, 11) is 0. The molecule has 0 aromatic carbocycles. The fraction of sp³-hybridized carbons (Fsp3) is 1.00. The zero-order valence-electron chi connectivity index (χ0n) is 8.11. The maximum Gasteiger partial charge on any atom is 0.389 e. The Bertz CT molecular complexity index is 164. The van der Waals surface area contributed by atoms with Crippen molar-refractivity contribution in [2.75, 3.05) is 0 Å². The molecule has 3 N–H and O–H groups in total. The van der Waals surface area contributed by atoms with E-state index in [1.165, 1.54) is 0 Å². The summed E-state index contributed by atoms with van der Waals surface area (Å²) in [4.78, 5) is 0. The number of hydrazine groups is 1. The first-order chi connectivity index (χ1) is 6.53. The first kappa shape index (κ1) is 11.8. The van der Waals surface area contributed by atoms with Crippen molar-refractivity contribution in [2.24, 2.45) is 11.8 Å². The van der Waals surface area contributed by atoms with E-state index in [9.17, 15) is 13.2 Å². The number of alkyl halides is 3. The summed E-state index contributed by atoms with van der Waals surface area (Å²) in [6.45, 7) is 0. The highest BCUT2D eigenvalue weighted by atomic mass is 19.4. The van der Waals surface area contributed by atoms with Crippen LogP contribution < -0.4 is 11.3 Å². The molecule has 1 saturated carbocycles. The minimum atomic E-state index is -4.06. The van der Waals surface area contributed by atoms with E-state index < -0.39 is 12.6 Å². The van der Waals surface area contributed by atoms with Gasteiger partial charge in [-0.05, 0) is 25.2 Å². The molecule has 0 spiro atoms. The van der Waals surface area contributed by atoms with E-state index in [1.807, 2.05) is 0 Å². The Kier molecular flexibility index (Phi) is 4.19. The fourth-order valence-corrected chi connectivity index (χ4v) is 2.13. The van der Waals surface area contributed by atoms with Gasteiger partial charge in [0.2, 0.25) is 0 Å². The van der Waals surface area contributed by atoms with Gasteiger partial charge in [0, 0.05) is 12.5 Å². The van der Waals surface area contributed by atoms with E-state index >= 15 is 0 Å². The van der Waals surface area contributed by atoms with Gasteiger partial charge < -0.3 is 0 Å². The van der Waals surface area contributed by atoms with Crippen molar-refractivity contribution in [2.45, 2.75) is 50.7 Å². The third-order valence-corrected chi connectivity index (χ3v) is 2.92. The van der Waals surface area contributed by atoms with Crippen LogP contribution in [0.1, 0.15) is 38.5 Å². The number of halogens is 3. The first-order valence-electron chi connectivity index (χ1n) is 5.06. The summed E-state index contributed by atoms with van der Waals surface area (Å²) in [5.41, 5.74) is 2.52. The predicted octanol–water partition coefficient (Wildman–Crippen LogP) is 2.35. The van der Waals surface area contributed by atoms with E-state index in [2.05, 4.69) is 5.43 Å². The molecule has 0 amide bonds. The van der Waals surface area contributed by atoms with Crippen LogP contribution in [0.15, 0.2) is 0 Å². The largest absolute Gasteiger partial charge is 0.389 e. The number of hydrogen-bond acceptors (Lipinski definition) is 2. The Morgan fingerprint density at radius 3 is 2.29 bits per heavy atom. The smallest absolute Gasteiger partial charge is 0.271 e. The van der Waals surface area contributed by atoms with Crippen molar-refractivity contribution >= 4 is 0 Å². The standard InChI is InChI=1S/C9H17F3N2/c10-9(11,12)6-5-8(14-13)7-3-1-2-4-7/h7-8,14H,1-6,13H2. The van der Waals surface area contributed by atoms with Crippen LogP contribution in [0.25, 0.3) is 0 Å². The summed E-state index contributed by atoms with van der Waals surface area (Å²) < 4.78 is 35.9. The van der Waals surface area contributed by atoms with Crippen molar-refractivity contribution in [3.63, 3.8) is 0 Å². The normalized spacial score (nSPS) is 21.4. The van der Waals surface area contributed by atoms with Gasteiger partial charge in [-0.3, -0.25) is 11.3 Å². The van der Waals surface area contributed by atoms with Crippen molar-refractivity contribution in [3.8, 4) is 0 Å². The number of nitrogens with two attached hydrogens (primary N) is 1. The van der Waals surface area contributed by atoms with Gasteiger partial charge in [0.05, 0.1) is 0 Å². The molecule has 1 aliphatic carbocycles. The van der Waals surface area contributed by atoms with Gasteiger partial charge in [-0.2, -0.15) is 13.2 Å². The second kappa shape index (κ2) is 4.98. The summed E-state index contributed by atoms with van der Waals surface area (Å²) in [6, 6.07) is -0.167. The van der Waals surface area contributed by atoms with Gasteiger partial charge >= 0.3 is 6.18 Å². The zero-order chi connectivity index (χ0) is 10.6. The third kappa shape index (κ3) is 3.84. The molecule has 0 bridgehead atoms. The van der Waals surface area contributed by atoms with Gasteiger partial charge in [0.25, 0.3) is 0 Å². The molecule has 1 unspecified atom stereocenters. The molecule has 0 radical (unpaired) electrons. The molecule has 0 heterocycles. The van der Waals surface area contributed by atoms with E-state index in [0.29, 0.717) is 5.92 Å². The molecule has 84 valence electrons. The molecule has 5 heteroatoms. The highest BCUT2D eigenvalue weighted by Gasteiger charge is 2.31. The summed E-state index contributed by atoms with van der Waals surface area (Å²) in [5.74, 6) is 5.60. The van der Waals surface area contributed by atoms with Crippen LogP contribution in [0.5, 0.6) is 0 Å². The van der Waals surface area contributed by atoms with Crippen LogP contribution in [0.2, 0.25) is 0 Å². The van der Waals surface area contributed by atoms with Crippen LogP contribution in [-0.2, 0) is 0 Å². The summed E-state index contributed by atoms with van der Waals surface area (Å²) in [6.07, 6.45) is -0.445. The Balaban J connectivity index is 2.31. The van der Waals surface area contributed by atoms with Gasteiger partial charge in [-0.25, -0.2) is 0 Å². The van der Waals surface area contributed by atoms with Crippen molar-refractivity contribution in [3.05, 3.63) is 0 Å². The van der Waals surface area contributed by atoms with Crippen LogP contribution >= 0.6 is 0 Å². The molecule has 14 heavy (non-hydrogen) atoms. The molecular formula is C9H17F3N2. The van der Waals surface area contributed by atoms with E-state index in [1.54, 1.807) is 0 Å². The molecule has 1 rings (SSSR count). The molecule has 0 aromatic rings. The maximum atomic E-state index is 12.0. The Morgan fingerprint density at radius 1 is 1.29 bits per heavy atom. The van der Waals surface area contributed by atoms with Gasteiger partial charge in [-0.1, -0.05) is 12.8 Å². The number of rotatable bonds is 4. The lowest BCUT2D eigenvalue weighted by Crippen LogP contribution is -2.40. The molecule has 1 fully saturated rings. The molecule has 1 aliphatic rings. The minimum absolute atomic E-state index is 0.102. The Labute approximate surface area is 82.0 Å². The van der Waals surface area contributed by atoms with E-state index in [4.69, 9.17) is 5.84 Å². The zero-order valence-corrected chi connectivity index (χ0v) is 8.11. The summed E-state index contributed by atoms with van der Waals surface area (Å²) >= 11 is 0. The lowest BCUT2D eigenvalue weighted by molar-refractivity contribution is -0.137. The van der Waals surface area contributed by atoms with Gasteiger partial charge in [0.15, 0.2) is 0 Å². The highest BCUT2D eigenvalue weighted by Crippen LogP contribution is 2.31. The van der Waals surface area contributed by atoms with Crippen molar-refractivity contribution < 1.29 is 13.2 Å². The molecular weight excluding hydrogens is 193 g/mol. The monoisotopic (exact) mass is 210 g/mol. The Morgan fingerprint density at radius 2 is 1.86 bits per heavy atom. The highest BCUT2D eigenvalue weighted by molar-refractivity contribution is 4.79. The van der Waals surface area contributed by atoms with Gasteiger partial charge in [-0.15, -0.1) is 0 Å². The molecule has 2 nitrogen and oxygen atoms in total. The lowest BCUT2D eigenvalue weighted by Gasteiger charge is -2.22. The van der Waals surface area contributed by atoms with Gasteiger partial charge in [0.1, 0.15) is 0 Å². The third-order valence-electron chi connectivity index (χ3n) is 2.92. The number of nitrogens with one attached hydrogen (secondary N) is 1. The summed E-state index contributed by atoms with van der Waals surface area (Å²) in [5, 5.41) is 0. The van der Waals surface area contributed by atoms with Crippen LogP contribution in [0.3, 0.4) is 0 Å². The van der Waals surface area contributed by atoms with Crippen molar-refractivity contribution in [1.82, 2.24) is 5.43 Å². The lowest BCUT2D eigenvalue weighted by atomic mass is 9.95. The fourth-order valence-electron chi connectivity index (χ4n) is 2.13. The van der Waals surface area contributed by atoms with Crippen LogP contribution in [0.4, 0.5) is 13.2 Å².